The van der Waals surface area contributed by atoms with Gasteiger partial charge in [-0.15, -0.1) is 0 Å². The maximum Gasteiger partial charge on any atom is 0.295 e. The molecule has 8 N–H and O–H groups in total. The summed E-state index contributed by atoms with van der Waals surface area (Å²) in [7, 11) is -13.8. The molecule has 5 aromatic carbocycles. The van der Waals surface area contributed by atoms with E-state index >= 15 is 0 Å². The van der Waals surface area contributed by atoms with Crippen LogP contribution in [0.15, 0.2) is 124 Å². The normalized spacial score (nSPS) is 12.4. The Morgan fingerprint density at radius 2 is 0.979 bits per heavy atom. The van der Waals surface area contributed by atoms with E-state index in [2.05, 4.69) is 10.6 Å². The molecule has 0 atom stereocenters. The summed E-state index contributed by atoms with van der Waals surface area (Å²) in [6.07, 6.45) is 0. The first-order chi connectivity index (χ1) is 22.4. The second-order valence-corrected chi connectivity index (χ2v) is 15.0. The van der Waals surface area contributed by atoms with Crippen LogP contribution in [0.1, 0.15) is 22.3 Å². The summed E-state index contributed by atoms with van der Waals surface area (Å²) in [5.74, 6) is 0. The molecule has 13 nitrogen and oxygen atoms in total. The van der Waals surface area contributed by atoms with Crippen LogP contribution in [0.25, 0.3) is 0 Å². The molecule has 0 amide bonds. The topological polar surface area (TPSA) is 233 Å². The first kappa shape index (κ1) is 34.5. The molecule has 48 heavy (non-hydrogen) atoms. The number of rotatable bonds is 10. The minimum Gasteiger partial charge on any atom is -0.398 e. The van der Waals surface area contributed by atoms with Crippen LogP contribution in [0.2, 0.25) is 0 Å². The maximum atomic E-state index is 12.6. The predicted molar refractivity (Wildman–Crippen MR) is 179 cm³/mol. The van der Waals surface area contributed by atoms with Crippen molar-refractivity contribution in [2.24, 2.45) is 0 Å². The molecule has 0 unspecified atom stereocenters. The number of nitrogens with two attached hydrogens (primary N) is 1. The molecule has 0 heterocycles. The molecule has 250 valence electrons. The van der Waals surface area contributed by atoms with Gasteiger partial charge in [0.25, 0.3) is 30.4 Å². The monoisotopic (exact) mass is 711 g/mol. The summed E-state index contributed by atoms with van der Waals surface area (Å²) < 4.78 is 100. The van der Waals surface area contributed by atoms with E-state index in [9.17, 15) is 44.0 Å². The third-order valence-corrected chi connectivity index (χ3v) is 10.1. The molecular formula is C32H29N3O10S3. The van der Waals surface area contributed by atoms with Gasteiger partial charge >= 0.3 is 0 Å². The fourth-order valence-corrected chi connectivity index (χ4v) is 6.88. The Morgan fingerprint density at radius 1 is 0.562 bits per heavy atom. The van der Waals surface area contributed by atoms with Crippen molar-refractivity contribution in [3.05, 3.63) is 131 Å². The van der Waals surface area contributed by atoms with Gasteiger partial charge in [0.1, 0.15) is 10.5 Å². The van der Waals surface area contributed by atoms with E-state index < -0.39 is 40.9 Å². The van der Waals surface area contributed by atoms with Gasteiger partial charge in [-0.25, -0.2) is 0 Å². The highest BCUT2D eigenvalue weighted by Crippen LogP contribution is 2.42. The summed E-state index contributed by atoms with van der Waals surface area (Å²) in [5.41, 5.74) is 6.00. The SMILES string of the molecule is Cc1cc(C(O)(c2ccc(Nc3cccc(S(=O)(=O)O)c3)cc2)c2ccc(Nc3cccc(S(=O)(=O)O)c3)cc2)c(S(=O)(=O)O)cc1N. The zero-order chi connectivity index (χ0) is 35.1. The first-order valence-electron chi connectivity index (χ1n) is 13.9. The molecular weight excluding hydrogens is 683 g/mol. The predicted octanol–water partition coefficient (Wildman–Crippen LogP) is 5.09. The van der Waals surface area contributed by atoms with Gasteiger partial charge in [-0.05, 0) is 96.4 Å². The second kappa shape index (κ2) is 12.7. The molecule has 0 fully saturated rings. The minimum absolute atomic E-state index is 0.0621. The van der Waals surface area contributed by atoms with Crippen molar-refractivity contribution in [1.82, 2.24) is 0 Å². The van der Waals surface area contributed by atoms with Crippen molar-refractivity contribution in [3.8, 4) is 0 Å². The molecule has 0 spiro atoms. The highest BCUT2D eigenvalue weighted by molar-refractivity contribution is 7.86. The number of hydrogen-bond acceptors (Lipinski definition) is 10. The zero-order valence-electron chi connectivity index (χ0n) is 24.9. The van der Waals surface area contributed by atoms with Crippen molar-refractivity contribution in [3.63, 3.8) is 0 Å². The fourth-order valence-electron chi connectivity index (χ4n) is 5.07. The fraction of sp³-hybridized carbons (Fsp3) is 0.0625. The molecule has 0 aliphatic rings. The third kappa shape index (κ3) is 7.34. The lowest BCUT2D eigenvalue weighted by atomic mass is 9.79. The Kier molecular flexibility index (Phi) is 9.11. The van der Waals surface area contributed by atoms with Crippen LogP contribution >= 0.6 is 0 Å². The molecule has 0 radical (unpaired) electrons. The van der Waals surface area contributed by atoms with E-state index in [0.29, 0.717) is 28.3 Å². The van der Waals surface area contributed by atoms with Crippen molar-refractivity contribution in [2.75, 3.05) is 16.4 Å². The van der Waals surface area contributed by atoms with Gasteiger partial charge in [0.2, 0.25) is 0 Å². The number of anilines is 5. The molecule has 0 bridgehead atoms. The van der Waals surface area contributed by atoms with Gasteiger partial charge in [-0.2, -0.15) is 25.3 Å². The van der Waals surface area contributed by atoms with Gasteiger partial charge in [0.15, 0.2) is 0 Å². The van der Waals surface area contributed by atoms with E-state index in [1.165, 1.54) is 66.7 Å². The molecule has 16 heteroatoms. The van der Waals surface area contributed by atoms with Gasteiger partial charge in [0.05, 0.1) is 9.79 Å². The van der Waals surface area contributed by atoms with E-state index in [1.807, 2.05) is 0 Å². The Bertz CT molecular complexity index is 2230. The molecule has 0 aliphatic heterocycles. The summed E-state index contributed by atoms with van der Waals surface area (Å²) >= 11 is 0. The van der Waals surface area contributed by atoms with Crippen LogP contribution in [0, 0.1) is 6.92 Å². The smallest absolute Gasteiger partial charge is 0.295 e. The average Bonchev–Trinajstić information content (AvgIpc) is 3.01. The number of aryl methyl sites for hydroxylation is 1. The van der Waals surface area contributed by atoms with Crippen LogP contribution < -0.4 is 16.4 Å². The summed E-state index contributed by atoms with van der Waals surface area (Å²) in [5, 5.41) is 18.6. The lowest BCUT2D eigenvalue weighted by molar-refractivity contribution is 0.122. The lowest BCUT2D eigenvalue weighted by Gasteiger charge is -2.32. The number of nitrogens with one attached hydrogen (secondary N) is 2. The zero-order valence-corrected chi connectivity index (χ0v) is 27.4. The maximum absolute atomic E-state index is 12.6. The molecule has 0 saturated carbocycles. The number of aliphatic hydroxyl groups is 1. The van der Waals surface area contributed by atoms with Crippen LogP contribution in [0.5, 0.6) is 0 Å². The van der Waals surface area contributed by atoms with E-state index in [4.69, 9.17) is 5.73 Å². The number of benzene rings is 5. The van der Waals surface area contributed by atoms with Crippen molar-refractivity contribution in [1.29, 1.82) is 0 Å². The van der Waals surface area contributed by atoms with Gasteiger partial charge < -0.3 is 21.5 Å². The minimum atomic E-state index is -4.91. The van der Waals surface area contributed by atoms with Gasteiger partial charge in [-0.1, -0.05) is 36.4 Å². The molecule has 5 aromatic rings. The number of hydrogen-bond donors (Lipinski definition) is 7. The number of nitrogen functional groups attached to an aromatic ring is 1. The van der Waals surface area contributed by atoms with Crippen molar-refractivity contribution >= 4 is 58.8 Å². The molecule has 0 aromatic heterocycles. The third-order valence-electron chi connectivity index (χ3n) is 7.48. The summed E-state index contributed by atoms with van der Waals surface area (Å²) in [6.45, 7) is 1.61. The largest absolute Gasteiger partial charge is 0.398 e. The van der Waals surface area contributed by atoms with Crippen LogP contribution in [-0.4, -0.2) is 44.0 Å². The molecule has 5 rings (SSSR count). The molecule has 0 saturated heterocycles. The molecule has 0 aliphatic carbocycles. The Labute approximate surface area is 277 Å². The first-order valence-corrected chi connectivity index (χ1v) is 18.2. The summed E-state index contributed by atoms with van der Waals surface area (Å²) in [6, 6.07) is 25.5. The van der Waals surface area contributed by atoms with E-state index in [-0.39, 0.29) is 32.2 Å². The summed E-state index contributed by atoms with van der Waals surface area (Å²) in [4.78, 5) is -1.26. The second-order valence-electron chi connectivity index (χ2n) is 10.8. The highest BCUT2D eigenvalue weighted by Gasteiger charge is 2.39. The van der Waals surface area contributed by atoms with E-state index in [1.54, 1.807) is 43.3 Å². The lowest BCUT2D eigenvalue weighted by Crippen LogP contribution is -2.31. The Hall–Kier alpha value is -4.81. The standard InChI is InChI=1S/C32H29N3O10S3/c1-20-16-29(31(19-30(20)33)48(43,44)45)32(36,21-8-12-23(13-9-21)34-25-4-2-6-27(17-25)46(37,38)39)22-10-14-24(15-11-22)35-26-5-3-7-28(18-26)47(40,41)42/h2-19,34-36H,33H2,1H3,(H,37,38,39)(H,40,41,42)(H,43,44,45). The average molecular weight is 712 g/mol. The van der Waals surface area contributed by atoms with Crippen LogP contribution in [-0.2, 0) is 36.0 Å². The Balaban J connectivity index is 1.59. The van der Waals surface area contributed by atoms with Gasteiger partial charge in [0, 0.05) is 34.0 Å². The highest BCUT2D eigenvalue weighted by atomic mass is 32.2. The van der Waals surface area contributed by atoms with Crippen LogP contribution in [0.3, 0.4) is 0 Å². The Morgan fingerprint density at radius 3 is 1.35 bits per heavy atom. The van der Waals surface area contributed by atoms with E-state index in [0.717, 1.165) is 6.07 Å². The quantitative estimate of drug-likeness (QED) is 0.0569. The van der Waals surface area contributed by atoms with Crippen LogP contribution in [0.4, 0.5) is 28.4 Å². The van der Waals surface area contributed by atoms with Crippen molar-refractivity contribution in [2.45, 2.75) is 27.2 Å². The van der Waals surface area contributed by atoms with Crippen molar-refractivity contribution < 1.29 is 44.0 Å². The van der Waals surface area contributed by atoms with Gasteiger partial charge in [-0.3, -0.25) is 13.7 Å².